The fourth-order valence-electron chi connectivity index (χ4n) is 2.65. The summed E-state index contributed by atoms with van der Waals surface area (Å²) in [6.07, 6.45) is 8.82. The molecule has 0 N–H and O–H groups in total. The molecule has 102 valence electrons. The van der Waals surface area contributed by atoms with Crippen LogP contribution in [0.4, 0.5) is 0 Å². The Morgan fingerprint density at radius 2 is 2.15 bits per heavy atom. The van der Waals surface area contributed by atoms with Gasteiger partial charge in [-0.1, -0.05) is 47.8 Å². The Morgan fingerprint density at radius 1 is 1.30 bits per heavy atom. The fourth-order valence-corrected chi connectivity index (χ4v) is 2.65. The van der Waals surface area contributed by atoms with Gasteiger partial charge in [-0.2, -0.15) is 4.98 Å². The molecule has 1 aliphatic rings. The van der Waals surface area contributed by atoms with Gasteiger partial charge in [0, 0.05) is 5.56 Å². The first-order chi connectivity index (χ1) is 9.88. The van der Waals surface area contributed by atoms with Crippen LogP contribution in [0.3, 0.4) is 0 Å². The highest BCUT2D eigenvalue weighted by atomic mass is 16.5. The highest BCUT2D eigenvalue weighted by Crippen LogP contribution is 2.30. The minimum Gasteiger partial charge on any atom is -0.337 e. The van der Waals surface area contributed by atoms with Crippen LogP contribution in [-0.4, -0.2) is 28.1 Å². The summed E-state index contributed by atoms with van der Waals surface area (Å²) in [7, 11) is 0. The van der Waals surface area contributed by atoms with Crippen LogP contribution in [0, 0.1) is 12.3 Å². The molecule has 1 fully saturated rings. The van der Waals surface area contributed by atoms with Gasteiger partial charge in [0.15, 0.2) is 0 Å². The van der Waals surface area contributed by atoms with Gasteiger partial charge in [-0.25, -0.2) is 0 Å². The maximum absolute atomic E-state index is 5.46. The van der Waals surface area contributed by atoms with Crippen molar-refractivity contribution in [1.29, 1.82) is 0 Å². The van der Waals surface area contributed by atoms with Crippen LogP contribution in [0.2, 0.25) is 0 Å². The molecule has 0 saturated carbocycles. The Balaban J connectivity index is 1.84. The summed E-state index contributed by atoms with van der Waals surface area (Å²) in [5, 5.41) is 4.09. The lowest BCUT2D eigenvalue weighted by Gasteiger charge is -2.31. The largest absolute Gasteiger partial charge is 0.337 e. The molecule has 4 nitrogen and oxygen atoms in total. The molecule has 0 spiro atoms. The maximum atomic E-state index is 5.46. The Bertz CT molecular complexity index is 600. The molecule has 2 aromatic rings. The van der Waals surface area contributed by atoms with Gasteiger partial charge in [0.2, 0.25) is 11.7 Å². The molecule has 3 rings (SSSR count). The van der Waals surface area contributed by atoms with Crippen molar-refractivity contribution in [3.63, 3.8) is 0 Å². The first-order valence-electron chi connectivity index (χ1n) is 6.95. The number of hydrogen-bond acceptors (Lipinski definition) is 4. The monoisotopic (exact) mass is 267 g/mol. The third-order valence-corrected chi connectivity index (χ3v) is 3.67. The van der Waals surface area contributed by atoms with Crippen molar-refractivity contribution in [3.8, 4) is 23.7 Å². The molecule has 1 aromatic carbocycles. The third kappa shape index (κ3) is 2.59. The standard InChI is InChI=1S/C16H17N3O/c1-2-11-19-12-7-6-10-14(19)16-17-15(18-20-16)13-8-4-3-5-9-13/h1,3-5,8-9,14H,6-7,10-12H2/t14-/m1/s1. The highest BCUT2D eigenvalue weighted by molar-refractivity contribution is 5.53. The number of rotatable bonds is 3. The van der Waals surface area contributed by atoms with E-state index in [2.05, 4.69) is 21.0 Å². The van der Waals surface area contributed by atoms with E-state index in [9.17, 15) is 0 Å². The van der Waals surface area contributed by atoms with Crippen molar-refractivity contribution >= 4 is 0 Å². The van der Waals surface area contributed by atoms with Crippen molar-refractivity contribution in [2.24, 2.45) is 0 Å². The van der Waals surface area contributed by atoms with Crippen molar-refractivity contribution in [2.45, 2.75) is 25.3 Å². The first-order valence-corrected chi connectivity index (χ1v) is 6.95. The molecule has 0 radical (unpaired) electrons. The molecule has 1 saturated heterocycles. The Hall–Kier alpha value is -2.12. The van der Waals surface area contributed by atoms with Crippen LogP contribution in [0.1, 0.15) is 31.2 Å². The number of benzene rings is 1. The fraction of sp³-hybridized carbons (Fsp3) is 0.375. The van der Waals surface area contributed by atoms with E-state index in [1.54, 1.807) is 0 Å². The van der Waals surface area contributed by atoms with Gasteiger partial charge in [0.1, 0.15) is 0 Å². The quantitative estimate of drug-likeness (QED) is 0.802. The topological polar surface area (TPSA) is 42.2 Å². The SMILES string of the molecule is C#CCN1CCCC[C@@H]1c1nc(-c2ccccc2)no1. The van der Waals surface area contributed by atoms with Gasteiger partial charge in [0.25, 0.3) is 0 Å². The molecule has 0 aliphatic carbocycles. The van der Waals surface area contributed by atoms with E-state index in [0.717, 1.165) is 18.5 Å². The van der Waals surface area contributed by atoms with Crippen LogP contribution in [0.5, 0.6) is 0 Å². The molecule has 1 aromatic heterocycles. The van der Waals surface area contributed by atoms with Crippen molar-refractivity contribution in [3.05, 3.63) is 36.2 Å². The second-order valence-electron chi connectivity index (χ2n) is 5.01. The normalized spacial score (nSPS) is 19.6. The van der Waals surface area contributed by atoms with Gasteiger partial charge in [-0.3, -0.25) is 4.90 Å². The van der Waals surface area contributed by atoms with E-state index in [4.69, 9.17) is 10.9 Å². The van der Waals surface area contributed by atoms with Gasteiger partial charge < -0.3 is 4.52 Å². The molecule has 2 heterocycles. The molecule has 0 unspecified atom stereocenters. The van der Waals surface area contributed by atoms with Gasteiger partial charge in [0.05, 0.1) is 12.6 Å². The Morgan fingerprint density at radius 3 is 2.95 bits per heavy atom. The number of hydrogen-bond donors (Lipinski definition) is 0. The summed E-state index contributed by atoms with van der Waals surface area (Å²) >= 11 is 0. The van der Waals surface area contributed by atoms with Crippen molar-refractivity contribution in [1.82, 2.24) is 15.0 Å². The Kier molecular flexibility index (Phi) is 3.80. The van der Waals surface area contributed by atoms with Crippen LogP contribution >= 0.6 is 0 Å². The molecule has 20 heavy (non-hydrogen) atoms. The minimum atomic E-state index is 0.157. The summed E-state index contributed by atoms with van der Waals surface area (Å²) in [6.45, 7) is 1.63. The van der Waals surface area contributed by atoms with E-state index in [0.29, 0.717) is 18.3 Å². The van der Waals surface area contributed by atoms with Crippen molar-refractivity contribution < 1.29 is 4.52 Å². The number of terminal acetylenes is 1. The van der Waals surface area contributed by atoms with Gasteiger partial charge >= 0.3 is 0 Å². The third-order valence-electron chi connectivity index (χ3n) is 3.67. The van der Waals surface area contributed by atoms with E-state index in [-0.39, 0.29) is 6.04 Å². The number of aromatic nitrogens is 2. The van der Waals surface area contributed by atoms with E-state index < -0.39 is 0 Å². The zero-order valence-electron chi connectivity index (χ0n) is 11.3. The number of nitrogens with zero attached hydrogens (tertiary/aromatic N) is 3. The average molecular weight is 267 g/mol. The molecule has 1 atom stereocenters. The van der Waals surface area contributed by atoms with E-state index >= 15 is 0 Å². The van der Waals surface area contributed by atoms with Crippen molar-refractivity contribution in [2.75, 3.05) is 13.1 Å². The molecule has 0 amide bonds. The van der Waals surface area contributed by atoms with E-state index in [1.807, 2.05) is 30.3 Å². The molecular formula is C16H17N3O. The predicted molar refractivity (Wildman–Crippen MR) is 76.7 cm³/mol. The molecule has 4 heteroatoms. The second kappa shape index (κ2) is 5.89. The summed E-state index contributed by atoms with van der Waals surface area (Å²) in [5.74, 6) is 4.04. The average Bonchev–Trinajstić information content (AvgIpc) is 2.99. The summed E-state index contributed by atoms with van der Waals surface area (Å²) in [6, 6.07) is 10.0. The first kappa shape index (κ1) is 12.9. The van der Waals surface area contributed by atoms with Gasteiger partial charge in [-0.05, 0) is 19.4 Å². The number of likely N-dealkylation sites (tertiary alicyclic amines) is 1. The smallest absolute Gasteiger partial charge is 0.244 e. The zero-order valence-corrected chi connectivity index (χ0v) is 11.3. The lowest BCUT2D eigenvalue weighted by molar-refractivity contribution is 0.135. The summed E-state index contributed by atoms with van der Waals surface area (Å²) in [4.78, 5) is 6.79. The lowest BCUT2D eigenvalue weighted by atomic mass is 10.0. The minimum absolute atomic E-state index is 0.157. The van der Waals surface area contributed by atoms with Crippen LogP contribution in [-0.2, 0) is 0 Å². The second-order valence-corrected chi connectivity index (χ2v) is 5.01. The predicted octanol–water partition coefficient (Wildman–Crippen LogP) is 2.90. The maximum Gasteiger partial charge on any atom is 0.244 e. The Labute approximate surface area is 118 Å². The zero-order chi connectivity index (χ0) is 13.8. The molecular weight excluding hydrogens is 250 g/mol. The summed E-state index contributed by atoms with van der Waals surface area (Å²) in [5.41, 5.74) is 0.974. The van der Waals surface area contributed by atoms with Crippen LogP contribution in [0.25, 0.3) is 11.4 Å². The summed E-state index contributed by atoms with van der Waals surface area (Å²) < 4.78 is 5.46. The van der Waals surface area contributed by atoms with E-state index in [1.165, 1.54) is 12.8 Å². The highest BCUT2D eigenvalue weighted by Gasteiger charge is 2.28. The molecule has 1 aliphatic heterocycles. The van der Waals surface area contributed by atoms with Crippen LogP contribution in [0.15, 0.2) is 34.9 Å². The van der Waals surface area contributed by atoms with Crippen LogP contribution < -0.4 is 0 Å². The lowest BCUT2D eigenvalue weighted by Crippen LogP contribution is -2.33. The van der Waals surface area contributed by atoms with Gasteiger partial charge in [-0.15, -0.1) is 6.42 Å². The molecule has 0 bridgehead atoms. The number of piperidine rings is 1.